The monoisotopic (exact) mass is 638 g/mol. The third-order valence-electron chi connectivity index (χ3n) is 9.18. The van der Waals surface area contributed by atoms with Crippen LogP contribution in [0.1, 0.15) is 0 Å². The number of fused-ring (bicyclic) bond motifs is 3. The van der Waals surface area contributed by atoms with Gasteiger partial charge in [-0.1, -0.05) is 146 Å². The van der Waals surface area contributed by atoms with Gasteiger partial charge in [-0.15, -0.1) is 0 Å². The van der Waals surface area contributed by atoms with Crippen LogP contribution in [-0.2, 0) is 0 Å². The van der Waals surface area contributed by atoms with Crippen molar-refractivity contribution in [2.24, 2.45) is 0 Å². The topological polar surface area (TPSA) is 51.6 Å². The van der Waals surface area contributed by atoms with Crippen molar-refractivity contribution in [2.45, 2.75) is 0 Å². The molecule has 0 spiro atoms. The van der Waals surface area contributed by atoms with Crippen molar-refractivity contribution >= 4 is 21.7 Å². The van der Waals surface area contributed by atoms with Crippen molar-refractivity contribution in [1.82, 2.24) is 19.9 Å². The molecule has 0 fully saturated rings. The summed E-state index contributed by atoms with van der Waals surface area (Å²) in [6.07, 6.45) is 3.70. The van der Waals surface area contributed by atoms with E-state index in [9.17, 15) is 0 Å². The molecule has 0 unspecified atom stereocenters. The van der Waals surface area contributed by atoms with E-state index in [2.05, 4.69) is 132 Å². The highest BCUT2D eigenvalue weighted by atomic mass is 14.9. The summed E-state index contributed by atoms with van der Waals surface area (Å²) in [7, 11) is 0. The highest BCUT2D eigenvalue weighted by molar-refractivity contribution is 6.17. The lowest BCUT2D eigenvalue weighted by Crippen LogP contribution is -1.96. The molecule has 0 radical (unpaired) electrons. The van der Waals surface area contributed by atoms with Crippen LogP contribution in [0.2, 0.25) is 0 Å². The first-order valence-electron chi connectivity index (χ1n) is 16.7. The van der Waals surface area contributed by atoms with Gasteiger partial charge in [-0.25, -0.2) is 15.0 Å². The number of rotatable bonds is 6. The normalized spacial score (nSPS) is 11.2. The summed E-state index contributed by atoms with van der Waals surface area (Å²) in [6, 6.07) is 58.9. The summed E-state index contributed by atoms with van der Waals surface area (Å²) in [5.41, 5.74) is 12.3. The van der Waals surface area contributed by atoms with E-state index in [0.717, 1.165) is 66.8 Å². The van der Waals surface area contributed by atoms with Crippen LogP contribution in [0.5, 0.6) is 0 Å². The first-order chi connectivity index (χ1) is 24.8. The maximum atomic E-state index is 5.28. The van der Waals surface area contributed by atoms with E-state index in [-0.39, 0.29) is 0 Å². The minimum Gasteiger partial charge on any atom is -0.264 e. The molecular formula is C46H30N4. The Bertz CT molecular complexity index is 2550. The molecule has 50 heavy (non-hydrogen) atoms. The number of hydrogen-bond acceptors (Lipinski definition) is 4. The first kappa shape index (κ1) is 29.4. The molecule has 0 aliphatic carbocycles. The van der Waals surface area contributed by atoms with Gasteiger partial charge in [0.15, 0.2) is 5.82 Å². The lowest BCUT2D eigenvalue weighted by molar-refractivity contribution is 1.18. The Morgan fingerprint density at radius 2 is 0.960 bits per heavy atom. The van der Waals surface area contributed by atoms with E-state index >= 15 is 0 Å². The van der Waals surface area contributed by atoms with Gasteiger partial charge in [0.1, 0.15) is 0 Å². The van der Waals surface area contributed by atoms with Crippen LogP contribution in [0.15, 0.2) is 182 Å². The largest absolute Gasteiger partial charge is 0.264 e. The van der Waals surface area contributed by atoms with Gasteiger partial charge in [-0.2, -0.15) is 0 Å². The molecule has 0 saturated carbocycles. The molecule has 4 heteroatoms. The van der Waals surface area contributed by atoms with Crippen LogP contribution in [0, 0.1) is 0 Å². The molecular weight excluding hydrogens is 609 g/mol. The van der Waals surface area contributed by atoms with Crippen molar-refractivity contribution in [3.05, 3.63) is 182 Å². The minimum atomic E-state index is 0.707. The summed E-state index contributed by atoms with van der Waals surface area (Å²) >= 11 is 0. The number of hydrogen-bond donors (Lipinski definition) is 0. The van der Waals surface area contributed by atoms with Crippen molar-refractivity contribution in [3.8, 4) is 67.4 Å². The fourth-order valence-corrected chi connectivity index (χ4v) is 6.72. The predicted octanol–water partition coefficient (Wildman–Crippen LogP) is 11.6. The highest BCUT2D eigenvalue weighted by Crippen LogP contribution is 2.39. The Kier molecular flexibility index (Phi) is 7.45. The first-order valence-corrected chi connectivity index (χ1v) is 16.7. The second-order valence-electron chi connectivity index (χ2n) is 12.3. The molecule has 234 valence electrons. The standard InChI is InChI=1S/C46H30N4/c1-4-12-32(13-5-1)38-19-10-20-40-44(38)39-26-25-36(28-43(39)48-45(40)37-18-11-27-47-30-37)31-21-23-34(24-22-31)42-29-41(33-14-6-2-7-15-33)49-46(50-42)35-16-8-3-9-17-35/h1-30H. The second-order valence-corrected chi connectivity index (χ2v) is 12.3. The molecule has 0 saturated heterocycles. The van der Waals surface area contributed by atoms with Crippen molar-refractivity contribution in [3.63, 3.8) is 0 Å². The van der Waals surface area contributed by atoms with Crippen molar-refractivity contribution in [2.75, 3.05) is 0 Å². The van der Waals surface area contributed by atoms with E-state index in [4.69, 9.17) is 15.0 Å². The zero-order valence-electron chi connectivity index (χ0n) is 27.1. The SMILES string of the molecule is c1ccc(-c2cc(-c3ccc(-c4ccc5c(c4)nc(-c4cccnc4)c4cccc(-c6ccccc6)c45)cc3)nc(-c3ccccc3)n2)cc1. The Morgan fingerprint density at radius 1 is 0.360 bits per heavy atom. The van der Waals surface area contributed by atoms with Gasteiger partial charge in [0.05, 0.1) is 22.6 Å². The third kappa shape index (κ3) is 5.49. The number of nitrogens with zero attached hydrogens (tertiary/aromatic N) is 4. The summed E-state index contributed by atoms with van der Waals surface area (Å²) in [6.45, 7) is 0. The average molecular weight is 639 g/mol. The van der Waals surface area contributed by atoms with Crippen LogP contribution in [-0.4, -0.2) is 19.9 Å². The van der Waals surface area contributed by atoms with Crippen LogP contribution in [0.25, 0.3) is 89.1 Å². The molecule has 0 aliphatic heterocycles. The van der Waals surface area contributed by atoms with E-state index < -0.39 is 0 Å². The Balaban J connectivity index is 1.16. The van der Waals surface area contributed by atoms with Crippen LogP contribution in [0.4, 0.5) is 0 Å². The average Bonchev–Trinajstić information content (AvgIpc) is 3.21. The van der Waals surface area contributed by atoms with E-state index in [0.29, 0.717) is 5.82 Å². The number of aromatic nitrogens is 4. The zero-order chi connectivity index (χ0) is 33.3. The smallest absolute Gasteiger partial charge is 0.160 e. The third-order valence-corrected chi connectivity index (χ3v) is 9.18. The van der Waals surface area contributed by atoms with Gasteiger partial charge in [0.25, 0.3) is 0 Å². The van der Waals surface area contributed by atoms with Crippen LogP contribution >= 0.6 is 0 Å². The Morgan fingerprint density at radius 3 is 1.64 bits per heavy atom. The highest BCUT2D eigenvalue weighted by Gasteiger charge is 2.16. The van der Waals surface area contributed by atoms with Gasteiger partial charge in [0.2, 0.25) is 0 Å². The zero-order valence-corrected chi connectivity index (χ0v) is 27.1. The minimum absolute atomic E-state index is 0.707. The summed E-state index contributed by atoms with van der Waals surface area (Å²) in [5, 5.41) is 3.42. The maximum absolute atomic E-state index is 5.28. The molecule has 0 amide bonds. The molecule has 4 nitrogen and oxygen atoms in total. The van der Waals surface area contributed by atoms with E-state index in [1.165, 1.54) is 16.5 Å². The van der Waals surface area contributed by atoms with Crippen LogP contribution in [0.3, 0.4) is 0 Å². The Hall–Kier alpha value is -6.78. The molecule has 3 heterocycles. The number of benzene rings is 6. The lowest BCUT2D eigenvalue weighted by atomic mass is 9.92. The van der Waals surface area contributed by atoms with Gasteiger partial charge >= 0.3 is 0 Å². The number of pyridine rings is 2. The molecule has 9 rings (SSSR count). The fraction of sp³-hybridized carbons (Fsp3) is 0. The van der Waals surface area contributed by atoms with E-state index in [1.54, 1.807) is 6.20 Å². The van der Waals surface area contributed by atoms with Crippen molar-refractivity contribution in [1.29, 1.82) is 0 Å². The summed E-state index contributed by atoms with van der Waals surface area (Å²) < 4.78 is 0. The van der Waals surface area contributed by atoms with Crippen LogP contribution < -0.4 is 0 Å². The van der Waals surface area contributed by atoms with Gasteiger partial charge in [0, 0.05) is 50.8 Å². The quantitative estimate of drug-likeness (QED) is 0.170. The van der Waals surface area contributed by atoms with Gasteiger partial charge < -0.3 is 0 Å². The molecule has 3 aromatic heterocycles. The lowest BCUT2D eigenvalue weighted by Gasteiger charge is -2.15. The molecule has 6 aromatic carbocycles. The fourth-order valence-electron chi connectivity index (χ4n) is 6.72. The predicted molar refractivity (Wildman–Crippen MR) is 205 cm³/mol. The Labute approximate surface area is 290 Å². The summed E-state index contributed by atoms with van der Waals surface area (Å²) in [5.74, 6) is 0.707. The molecule has 0 atom stereocenters. The maximum Gasteiger partial charge on any atom is 0.160 e. The molecule has 0 bridgehead atoms. The molecule has 0 N–H and O–H groups in total. The summed E-state index contributed by atoms with van der Waals surface area (Å²) in [4.78, 5) is 19.7. The second kappa shape index (κ2) is 12.7. The van der Waals surface area contributed by atoms with Gasteiger partial charge in [-0.3, -0.25) is 4.98 Å². The van der Waals surface area contributed by atoms with E-state index in [1.807, 2.05) is 48.7 Å². The molecule has 0 aliphatic rings. The van der Waals surface area contributed by atoms with Crippen molar-refractivity contribution < 1.29 is 0 Å². The van der Waals surface area contributed by atoms with Gasteiger partial charge in [-0.05, 0) is 46.5 Å². The molecule has 9 aromatic rings.